The molecule has 0 aliphatic carbocycles. The van der Waals surface area contributed by atoms with Gasteiger partial charge in [0.1, 0.15) is 0 Å². The van der Waals surface area contributed by atoms with E-state index < -0.39 is 0 Å². The molecule has 0 saturated heterocycles. The zero-order chi connectivity index (χ0) is 10.6. The van der Waals surface area contributed by atoms with Gasteiger partial charge in [-0.1, -0.05) is 26.0 Å². The summed E-state index contributed by atoms with van der Waals surface area (Å²) in [5, 5.41) is 3.82. The van der Waals surface area contributed by atoms with Crippen molar-refractivity contribution in [2.45, 2.75) is 37.5 Å². The van der Waals surface area contributed by atoms with Gasteiger partial charge < -0.3 is 5.32 Å². The van der Waals surface area contributed by atoms with E-state index in [9.17, 15) is 0 Å². The van der Waals surface area contributed by atoms with E-state index in [-0.39, 0.29) is 0 Å². The van der Waals surface area contributed by atoms with Crippen LogP contribution in [0.15, 0.2) is 23.1 Å². The SMILES string of the molecule is CNCc1ccc(SC(C)C)c(C)c1. The molecule has 1 nitrogen and oxygen atoms in total. The molecule has 0 aliphatic heterocycles. The number of hydrogen-bond acceptors (Lipinski definition) is 2. The Morgan fingerprint density at radius 2 is 2.07 bits per heavy atom. The molecule has 0 spiro atoms. The first-order valence-corrected chi connectivity index (χ1v) is 5.92. The number of nitrogens with one attached hydrogen (secondary N) is 1. The predicted octanol–water partition coefficient (Wildman–Crippen LogP) is 3.21. The Morgan fingerprint density at radius 1 is 1.36 bits per heavy atom. The van der Waals surface area contributed by atoms with Crippen molar-refractivity contribution < 1.29 is 0 Å². The highest BCUT2D eigenvalue weighted by Crippen LogP contribution is 2.26. The van der Waals surface area contributed by atoms with E-state index in [1.165, 1.54) is 16.0 Å². The summed E-state index contributed by atoms with van der Waals surface area (Å²) in [6.07, 6.45) is 0. The quantitative estimate of drug-likeness (QED) is 0.764. The Hall–Kier alpha value is -0.470. The molecule has 14 heavy (non-hydrogen) atoms. The fourth-order valence-electron chi connectivity index (χ4n) is 1.41. The Kier molecular flexibility index (Phi) is 4.49. The van der Waals surface area contributed by atoms with Crippen molar-refractivity contribution >= 4 is 11.8 Å². The minimum atomic E-state index is 0.656. The monoisotopic (exact) mass is 209 g/mol. The smallest absolute Gasteiger partial charge is 0.0202 e. The Balaban J connectivity index is 2.79. The molecule has 0 bridgehead atoms. The maximum absolute atomic E-state index is 3.16. The van der Waals surface area contributed by atoms with Gasteiger partial charge in [-0.15, -0.1) is 11.8 Å². The van der Waals surface area contributed by atoms with Gasteiger partial charge in [-0.2, -0.15) is 0 Å². The van der Waals surface area contributed by atoms with E-state index in [0.717, 1.165) is 6.54 Å². The van der Waals surface area contributed by atoms with Gasteiger partial charge in [-0.25, -0.2) is 0 Å². The van der Waals surface area contributed by atoms with Crippen LogP contribution in [0, 0.1) is 6.92 Å². The zero-order valence-electron chi connectivity index (χ0n) is 9.42. The summed E-state index contributed by atoms with van der Waals surface area (Å²) in [6, 6.07) is 6.70. The van der Waals surface area contributed by atoms with E-state index in [4.69, 9.17) is 0 Å². The number of benzene rings is 1. The third-order valence-corrected chi connectivity index (χ3v) is 3.17. The fraction of sp³-hybridized carbons (Fsp3) is 0.500. The molecule has 0 aliphatic rings. The van der Waals surface area contributed by atoms with Gasteiger partial charge in [0.2, 0.25) is 0 Å². The molecule has 1 aromatic rings. The molecule has 0 saturated carbocycles. The third kappa shape index (κ3) is 3.35. The number of aryl methyl sites for hydroxylation is 1. The summed E-state index contributed by atoms with van der Waals surface area (Å²) < 4.78 is 0. The normalized spacial score (nSPS) is 10.9. The van der Waals surface area contributed by atoms with Gasteiger partial charge in [0, 0.05) is 16.7 Å². The summed E-state index contributed by atoms with van der Waals surface area (Å²) in [4.78, 5) is 1.40. The van der Waals surface area contributed by atoms with E-state index in [1.807, 2.05) is 18.8 Å². The molecule has 1 aromatic carbocycles. The van der Waals surface area contributed by atoms with Crippen LogP contribution in [0.1, 0.15) is 25.0 Å². The average molecular weight is 209 g/mol. The van der Waals surface area contributed by atoms with Crippen LogP contribution in [0.4, 0.5) is 0 Å². The van der Waals surface area contributed by atoms with Crippen LogP contribution < -0.4 is 5.32 Å². The largest absolute Gasteiger partial charge is 0.316 e. The lowest BCUT2D eigenvalue weighted by atomic mass is 10.1. The molecule has 0 fully saturated rings. The van der Waals surface area contributed by atoms with Crippen molar-refractivity contribution in [2.24, 2.45) is 0 Å². The maximum atomic E-state index is 3.16. The molecule has 0 unspecified atom stereocenters. The van der Waals surface area contributed by atoms with E-state index >= 15 is 0 Å². The van der Waals surface area contributed by atoms with Crippen LogP contribution in [0.3, 0.4) is 0 Å². The lowest BCUT2D eigenvalue weighted by Crippen LogP contribution is -2.05. The van der Waals surface area contributed by atoms with Gasteiger partial charge in [-0.05, 0) is 31.2 Å². The van der Waals surface area contributed by atoms with Crippen LogP contribution in [0.25, 0.3) is 0 Å². The van der Waals surface area contributed by atoms with Crippen LogP contribution in [-0.4, -0.2) is 12.3 Å². The molecule has 1 rings (SSSR count). The van der Waals surface area contributed by atoms with Crippen LogP contribution >= 0.6 is 11.8 Å². The molecule has 0 amide bonds. The molecular weight excluding hydrogens is 190 g/mol. The molecule has 2 heteroatoms. The summed E-state index contributed by atoms with van der Waals surface area (Å²) in [6.45, 7) is 7.59. The van der Waals surface area contributed by atoms with Crippen molar-refractivity contribution in [3.63, 3.8) is 0 Å². The Labute approximate surface area is 91.3 Å². The van der Waals surface area contributed by atoms with Crippen molar-refractivity contribution in [3.05, 3.63) is 29.3 Å². The fourth-order valence-corrected chi connectivity index (χ4v) is 2.31. The number of rotatable bonds is 4. The highest BCUT2D eigenvalue weighted by Gasteiger charge is 2.02. The zero-order valence-corrected chi connectivity index (χ0v) is 10.2. The van der Waals surface area contributed by atoms with E-state index in [1.54, 1.807) is 0 Å². The first kappa shape index (κ1) is 11.6. The standard InChI is InChI=1S/C12H19NS/c1-9(2)14-12-6-5-11(8-13-4)7-10(12)3/h5-7,9,13H,8H2,1-4H3. The van der Waals surface area contributed by atoms with Gasteiger partial charge in [0.15, 0.2) is 0 Å². The number of hydrogen-bond donors (Lipinski definition) is 1. The average Bonchev–Trinajstić information content (AvgIpc) is 2.10. The topological polar surface area (TPSA) is 12.0 Å². The van der Waals surface area contributed by atoms with Gasteiger partial charge in [-0.3, -0.25) is 0 Å². The van der Waals surface area contributed by atoms with Gasteiger partial charge >= 0.3 is 0 Å². The lowest BCUT2D eigenvalue weighted by Gasteiger charge is -2.10. The van der Waals surface area contributed by atoms with Crippen LogP contribution in [0.5, 0.6) is 0 Å². The molecule has 0 aromatic heterocycles. The third-order valence-electron chi connectivity index (χ3n) is 1.98. The molecular formula is C12H19NS. The van der Waals surface area contributed by atoms with E-state index in [0.29, 0.717) is 5.25 Å². The molecule has 78 valence electrons. The van der Waals surface area contributed by atoms with Crippen molar-refractivity contribution in [3.8, 4) is 0 Å². The first-order valence-electron chi connectivity index (χ1n) is 5.04. The molecule has 0 radical (unpaired) electrons. The second-order valence-electron chi connectivity index (χ2n) is 3.80. The minimum Gasteiger partial charge on any atom is -0.316 e. The first-order chi connectivity index (χ1) is 6.63. The summed E-state index contributed by atoms with van der Waals surface area (Å²) in [5.74, 6) is 0. The van der Waals surface area contributed by atoms with Gasteiger partial charge in [0.25, 0.3) is 0 Å². The van der Waals surface area contributed by atoms with Crippen molar-refractivity contribution in [1.29, 1.82) is 0 Å². The second kappa shape index (κ2) is 5.42. The van der Waals surface area contributed by atoms with Crippen LogP contribution in [-0.2, 0) is 6.54 Å². The van der Waals surface area contributed by atoms with Crippen molar-refractivity contribution in [2.75, 3.05) is 7.05 Å². The summed E-state index contributed by atoms with van der Waals surface area (Å²) >= 11 is 1.93. The second-order valence-corrected chi connectivity index (χ2v) is 5.42. The number of thioether (sulfide) groups is 1. The highest BCUT2D eigenvalue weighted by molar-refractivity contribution is 8.00. The molecule has 0 atom stereocenters. The van der Waals surface area contributed by atoms with Crippen LogP contribution in [0.2, 0.25) is 0 Å². The van der Waals surface area contributed by atoms with Gasteiger partial charge in [0.05, 0.1) is 0 Å². The summed E-state index contributed by atoms with van der Waals surface area (Å²) in [5.41, 5.74) is 2.74. The highest BCUT2D eigenvalue weighted by atomic mass is 32.2. The Bertz CT molecular complexity index is 294. The Morgan fingerprint density at radius 3 is 2.57 bits per heavy atom. The maximum Gasteiger partial charge on any atom is 0.0202 e. The lowest BCUT2D eigenvalue weighted by molar-refractivity contribution is 0.815. The van der Waals surface area contributed by atoms with Crippen molar-refractivity contribution in [1.82, 2.24) is 5.32 Å². The molecule has 0 heterocycles. The predicted molar refractivity (Wildman–Crippen MR) is 64.9 cm³/mol. The van der Waals surface area contributed by atoms with E-state index in [2.05, 4.69) is 44.3 Å². The molecule has 1 N–H and O–H groups in total. The summed E-state index contributed by atoms with van der Waals surface area (Å²) in [7, 11) is 1.98. The minimum absolute atomic E-state index is 0.656.